The molecule has 0 aliphatic heterocycles. The molecule has 0 aliphatic rings. The van der Waals surface area contributed by atoms with Gasteiger partial charge in [0.1, 0.15) is 11.3 Å². The SMILES string of the molecule is O=C(/C=C/c1cc2cc(Cl)ccc2o1)NCc1ccccc1. The highest BCUT2D eigenvalue weighted by atomic mass is 35.5. The molecular formula is C18H14ClNO2. The summed E-state index contributed by atoms with van der Waals surface area (Å²) in [5.41, 5.74) is 1.80. The van der Waals surface area contributed by atoms with Gasteiger partial charge >= 0.3 is 0 Å². The normalized spacial score (nSPS) is 11.1. The molecule has 0 saturated carbocycles. The van der Waals surface area contributed by atoms with Crippen LogP contribution in [0.2, 0.25) is 5.02 Å². The van der Waals surface area contributed by atoms with E-state index in [0.29, 0.717) is 17.3 Å². The third-order valence-electron chi connectivity index (χ3n) is 3.21. The number of carbonyl (C=O) groups excluding carboxylic acids is 1. The molecule has 0 atom stereocenters. The minimum Gasteiger partial charge on any atom is -0.457 e. The molecule has 2 aromatic carbocycles. The number of hydrogen-bond donors (Lipinski definition) is 1. The Labute approximate surface area is 133 Å². The van der Waals surface area contributed by atoms with Crippen LogP contribution >= 0.6 is 11.6 Å². The first-order chi connectivity index (χ1) is 10.7. The number of benzene rings is 2. The van der Waals surface area contributed by atoms with Crippen LogP contribution in [0.4, 0.5) is 0 Å². The lowest BCUT2D eigenvalue weighted by atomic mass is 10.2. The molecule has 22 heavy (non-hydrogen) atoms. The van der Waals surface area contributed by atoms with Crippen LogP contribution in [0.5, 0.6) is 0 Å². The van der Waals surface area contributed by atoms with Crippen molar-refractivity contribution in [1.82, 2.24) is 5.32 Å². The Balaban J connectivity index is 1.63. The van der Waals surface area contributed by atoms with Gasteiger partial charge in [-0.25, -0.2) is 0 Å². The van der Waals surface area contributed by atoms with Gasteiger partial charge < -0.3 is 9.73 Å². The Hall–Kier alpha value is -2.52. The largest absolute Gasteiger partial charge is 0.457 e. The van der Waals surface area contributed by atoms with E-state index in [2.05, 4.69) is 5.32 Å². The lowest BCUT2D eigenvalue weighted by molar-refractivity contribution is -0.116. The molecule has 3 rings (SSSR count). The summed E-state index contributed by atoms with van der Waals surface area (Å²) >= 11 is 5.93. The molecule has 0 spiro atoms. The predicted molar refractivity (Wildman–Crippen MR) is 88.5 cm³/mol. The van der Waals surface area contributed by atoms with Crippen LogP contribution in [0.25, 0.3) is 17.0 Å². The van der Waals surface area contributed by atoms with Gasteiger partial charge in [-0.2, -0.15) is 0 Å². The quantitative estimate of drug-likeness (QED) is 0.725. The van der Waals surface area contributed by atoms with Gasteiger partial charge in [0.15, 0.2) is 0 Å². The van der Waals surface area contributed by atoms with Crippen molar-refractivity contribution in [3.63, 3.8) is 0 Å². The van der Waals surface area contributed by atoms with E-state index in [0.717, 1.165) is 16.5 Å². The second kappa shape index (κ2) is 6.50. The van der Waals surface area contributed by atoms with Crippen LogP contribution in [0.1, 0.15) is 11.3 Å². The van der Waals surface area contributed by atoms with Crippen LogP contribution in [0.15, 0.2) is 65.1 Å². The minimum absolute atomic E-state index is 0.164. The van der Waals surface area contributed by atoms with Crippen molar-refractivity contribution in [3.8, 4) is 0 Å². The number of furan rings is 1. The van der Waals surface area contributed by atoms with Gasteiger partial charge in [-0.1, -0.05) is 41.9 Å². The summed E-state index contributed by atoms with van der Waals surface area (Å²) in [7, 11) is 0. The van der Waals surface area contributed by atoms with Crippen molar-refractivity contribution < 1.29 is 9.21 Å². The molecule has 0 fully saturated rings. The van der Waals surface area contributed by atoms with Crippen molar-refractivity contribution in [3.05, 3.63) is 77.0 Å². The van der Waals surface area contributed by atoms with Gasteiger partial charge in [-0.05, 0) is 35.9 Å². The number of carbonyl (C=O) groups is 1. The Morgan fingerprint density at radius 3 is 2.77 bits per heavy atom. The lowest BCUT2D eigenvalue weighted by Gasteiger charge is -2.01. The van der Waals surface area contributed by atoms with Crippen molar-refractivity contribution in [2.24, 2.45) is 0 Å². The number of nitrogens with one attached hydrogen (secondary N) is 1. The smallest absolute Gasteiger partial charge is 0.244 e. The molecule has 3 nitrogen and oxygen atoms in total. The first-order valence-corrected chi connectivity index (χ1v) is 7.27. The summed E-state index contributed by atoms with van der Waals surface area (Å²) in [4.78, 5) is 11.8. The van der Waals surface area contributed by atoms with E-state index in [9.17, 15) is 4.79 Å². The molecule has 110 valence electrons. The van der Waals surface area contributed by atoms with E-state index in [4.69, 9.17) is 16.0 Å². The lowest BCUT2D eigenvalue weighted by Crippen LogP contribution is -2.20. The molecule has 0 radical (unpaired) electrons. The summed E-state index contributed by atoms with van der Waals surface area (Å²) < 4.78 is 5.61. The van der Waals surface area contributed by atoms with Gasteiger partial charge in [0, 0.05) is 23.0 Å². The van der Waals surface area contributed by atoms with Crippen molar-refractivity contribution in [2.75, 3.05) is 0 Å². The molecule has 0 saturated heterocycles. The highest BCUT2D eigenvalue weighted by molar-refractivity contribution is 6.31. The summed E-state index contributed by atoms with van der Waals surface area (Å²) in [6.45, 7) is 0.500. The van der Waals surface area contributed by atoms with Gasteiger partial charge in [-0.15, -0.1) is 0 Å². The summed E-state index contributed by atoms with van der Waals surface area (Å²) in [5, 5.41) is 4.39. The minimum atomic E-state index is -0.164. The standard InChI is InChI=1S/C18H14ClNO2/c19-15-6-8-17-14(10-15)11-16(22-17)7-9-18(21)20-12-13-4-2-1-3-5-13/h1-11H,12H2,(H,20,21)/b9-7+. The number of rotatable bonds is 4. The average molecular weight is 312 g/mol. The number of halogens is 1. The first kappa shape index (κ1) is 14.4. The van der Waals surface area contributed by atoms with E-state index in [1.807, 2.05) is 48.5 Å². The van der Waals surface area contributed by atoms with Crippen LogP contribution in [0, 0.1) is 0 Å². The molecule has 0 unspecified atom stereocenters. The molecule has 0 aliphatic carbocycles. The zero-order chi connectivity index (χ0) is 15.4. The fourth-order valence-electron chi connectivity index (χ4n) is 2.12. The van der Waals surface area contributed by atoms with Gasteiger partial charge in [0.05, 0.1) is 0 Å². The van der Waals surface area contributed by atoms with Crippen molar-refractivity contribution in [2.45, 2.75) is 6.54 Å². The van der Waals surface area contributed by atoms with Gasteiger partial charge in [0.2, 0.25) is 5.91 Å². The fraction of sp³-hybridized carbons (Fsp3) is 0.0556. The predicted octanol–water partition coefficient (Wildman–Crippen LogP) is 4.42. The Morgan fingerprint density at radius 1 is 1.14 bits per heavy atom. The molecule has 1 amide bonds. The van der Waals surface area contributed by atoms with E-state index < -0.39 is 0 Å². The van der Waals surface area contributed by atoms with E-state index >= 15 is 0 Å². The number of hydrogen-bond acceptors (Lipinski definition) is 2. The van der Waals surface area contributed by atoms with Crippen LogP contribution in [-0.2, 0) is 11.3 Å². The monoisotopic (exact) mass is 311 g/mol. The highest BCUT2D eigenvalue weighted by Crippen LogP contribution is 2.23. The second-order valence-corrected chi connectivity index (χ2v) is 5.30. The van der Waals surface area contributed by atoms with Crippen LogP contribution in [0.3, 0.4) is 0 Å². The highest BCUT2D eigenvalue weighted by Gasteiger charge is 2.02. The third kappa shape index (κ3) is 3.57. The molecule has 1 aromatic heterocycles. The Kier molecular flexibility index (Phi) is 4.26. The van der Waals surface area contributed by atoms with Gasteiger partial charge in [-0.3, -0.25) is 4.79 Å². The molecular weight excluding hydrogens is 298 g/mol. The molecule has 1 N–H and O–H groups in total. The zero-order valence-corrected chi connectivity index (χ0v) is 12.5. The van der Waals surface area contributed by atoms with Crippen molar-refractivity contribution in [1.29, 1.82) is 0 Å². The topological polar surface area (TPSA) is 42.2 Å². The molecule has 3 aromatic rings. The van der Waals surface area contributed by atoms with E-state index in [-0.39, 0.29) is 5.91 Å². The first-order valence-electron chi connectivity index (χ1n) is 6.90. The third-order valence-corrected chi connectivity index (χ3v) is 3.44. The Bertz CT molecular complexity index is 821. The molecule has 0 bridgehead atoms. The molecule has 4 heteroatoms. The maximum Gasteiger partial charge on any atom is 0.244 e. The maximum absolute atomic E-state index is 11.8. The molecule has 1 heterocycles. The second-order valence-electron chi connectivity index (χ2n) is 4.87. The maximum atomic E-state index is 11.8. The summed E-state index contributed by atoms with van der Waals surface area (Å²) in [6, 6.07) is 17.0. The summed E-state index contributed by atoms with van der Waals surface area (Å²) in [6.07, 6.45) is 3.11. The fourth-order valence-corrected chi connectivity index (χ4v) is 2.30. The van der Waals surface area contributed by atoms with E-state index in [1.165, 1.54) is 6.08 Å². The zero-order valence-electron chi connectivity index (χ0n) is 11.8. The van der Waals surface area contributed by atoms with Gasteiger partial charge in [0.25, 0.3) is 0 Å². The number of amides is 1. The van der Waals surface area contributed by atoms with Crippen LogP contribution < -0.4 is 5.32 Å². The van der Waals surface area contributed by atoms with Crippen molar-refractivity contribution >= 4 is 34.6 Å². The van der Waals surface area contributed by atoms with Crippen LogP contribution in [-0.4, -0.2) is 5.91 Å². The Morgan fingerprint density at radius 2 is 1.95 bits per heavy atom. The number of fused-ring (bicyclic) bond motifs is 1. The average Bonchev–Trinajstić information content (AvgIpc) is 2.94. The van der Waals surface area contributed by atoms with E-state index in [1.54, 1.807) is 12.1 Å². The summed E-state index contributed by atoms with van der Waals surface area (Å²) in [5.74, 6) is 0.453.